The van der Waals surface area contributed by atoms with Crippen LogP contribution in [0.1, 0.15) is 16.2 Å². The largest absolute Gasteiger partial charge is 0.321 e. The smallest absolute Gasteiger partial charge is 0.274 e. The molecule has 0 fully saturated rings. The Labute approximate surface area is 148 Å². The van der Waals surface area contributed by atoms with Gasteiger partial charge in [-0.3, -0.25) is 9.78 Å². The summed E-state index contributed by atoms with van der Waals surface area (Å²) in [5.41, 5.74) is 3.48. The lowest BCUT2D eigenvalue weighted by Crippen LogP contribution is -2.15. The van der Waals surface area contributed by atoms with Crippen LogP contribution in [0.4, 0.5) is 10.1 Å². The molecule has 0 bridgehead atoms. The van der Waals surface area contributed by atoms with Gasteiger partial charge in [0.25, 0.3) is 5.91 Å². The molecular weight excluding hydrogens is 333 g/mol. The summed E-state index contributed by atoms with van der Waals surface area (Å²) >= 11 is 0. The summed E-state index contributed by atoms with van der Waals surface area (Å²) in [7, 11) is 0. The van der Waals surface area contributed by atoms with Crippen molar-refractivity contribution in [3.8, 4) is 11.4 Å². The molecular formula is C19H14FN5O. The van der Waals surface area contributed by atoms with Gasteiger partial charge in [-0.05, 0) is 49.4 Å². The van der Waals surface area contributed by atoms with Gasteiger partial charge in [0.15, 0.2) is 5.65 Å². The van der Waals surface area contributed by atoms with Gasteiger partial charge in [-0.25, -0.2) is 13.9 Å². The van der Waals surface area contributed by atoms with Crippen LogP contribution in [0.3, 0.4) is 0 Å². The van der Waals surface area contributed by atoms with Crippen LogP contribution in [0.15, 0.2) is 60.8 Å². The Kier molecular flexibility index (Phi) is 3.89. The molecule has 6 nitrogen and oxygen atoms in total. The summed E-state index contributed by atoms with van der Waals surface area (Å²) in [6.07, 6.45) is 1.70. The Balaban J connectivity index is 1.68. The second kappa shape index (κ2) is 6.36. The first-order chi connectivity index (χ1) is 12.6. The van der Waals surface area contributed by atoms with Crippen LogP contribution < -0.4 is 5.32 Å². The predicted molar refractivity (Wildman–Crippen MR) is 95.3 cm³/mol. The fraction of sp³-hybridized carbons (Fsp3) is 0.0526. The number of hydrogen-bond acceptors (Lipinski definition) is 4. The summed E-state index contributed by atoms with van der Waals surface area (Å²) in [6, 6.07) is 14.6. The number of rotatable bonds is 3. The monoisotopic (exact) mass is 347 g/mol. The van der Waals surface area contributed by atoms with E-state index in [9.17, 15) is 9.18 Å². The number of benzene rings is 1. The Bertz CT molecular complexity index is 1090. The number of carbonyl (C=O) groups is 1. The van der Waals surface area contributed by atoms with Crippen molar-refractivity contribution in [2.45, 2.75) is 6.92 Å². The molecule has 7 heteroatoms. The minimum atomic E-state index is -0.372. The average molecular weight is 347 g/mol. The van der Waals surface area contributed by atoms with Gasteiger partial charge in [0.2, 0.25) is 0 Å². The maximum absolute atomic E-state index is 13.0. The number of carbonyl (C=O) groups excluding carboxylic acids is 1. The van der Waals surface area contributed by atoms with E-state index in [-0.39, 0.29) is 17.4 Å². The number of amides is 1. The van der Waals surface area contributed by atoms with E-state index in [1.165, 1.54) is 24.3 Å². The van der Waals surface area contributed by atoms with Gasteiger partial charge in [-0.2, -0.15) is 5.10 Å². The van der Waals surface area contributed by atoms with Crippen LogP contribution in [0.5, 0.6) is 0 Å². The molecule has 0 saturated carbocycles. The third-order valence-electron chi connectivity index (χ3n) is 3.87. The molecule has 1 N–H and O–H groups in total. The molecule has 0 saturated heterocycles. The van der Waals surface area contributed by atoms with Crippen LogP contribution >= 0.6 is 0 Å². The molecule has 0 unspecified atom stereocenters. The highest BCUT2D eigenvalue weighted by atomic mass is 19.1. The summed E-state index contributed by atoms with van der Waals surface area (Å²) in [5.74, 6) is -0.734. The van der Waals surface area contributed by atoms with Gasteiger partial charge >= 0.3 is 0 Å². The van der Waals surface area contributed by atoms with Crippen molar-refractivity contribution in [3.63, 3.8) is 0 Å². The molecule has 0 radical (unpaired) electrons. The second-order valence-electron chi connectivity index (χ2n) is 5.76. The van der Waals surface area contributed by atoms with Gasteiger partial charge < -0.3 is 5.32 Å². The number of anilines is 1. The van der Waals surface area contributed by atoms with E-state index < -0.39 is 0 Å². The zero-order chi connectivity index (χ0) is 18.1. The maximum atomic E-state index is 13.0. The first-order valence-electron chi connectivity index (χ1n) is 7.96. The standard InChI is InChI=1S/C19H14FN5O/c1-12-10-17(19(26)22-14-7-5-13(20)6-8-14)23-18-11-16(24-25(12)18)15-4-2-3-9-21-15/h2-11H,1H3,(H,22,26). The Hall–Kier alpha value is -3.61. The molecule has 0 spiro atoms. The quantitative estimate of drug-likeness (QED) is 0.616. The fourth-order valence-corrected chi connectivity index (χ4v) is 2.61. The van der Waals surface area contributed by atoms with Crippen molar-refractivity contribution < 1.29 is 9.18 Å². The van der Waals surface area contributed by atoms with Crippen molar-refractivity contribution in [3.05, 3.63) is 78.0 Å². The fourth-order valence-electron chi connectivity index (χ4n) is 2.61. The van der Waals surface area contributed by atoms with E-state index in [0.717, 1.165) is 11.4 Å². The molecule has 0 aliphatic carbocycles. The summed E-state index contributed by atoms with van der Waals surface area (Å²) in [5, 5.41) is 7.20. The molecule has 1 aromatic carbocycles. The third kappa shape index (κ3) is 3.02. The number of pyridine rings is 1. The van der Waals surface area contributed by atoms with Crippen molar-refractivity contribution in [2.75, 3.05) is 5.32 Å². The van der Waals surface area contributed by atoms with Crippen molar-refractivity contribution in [2.24, 2.45) is 0 Å². The zero-order valence-electron chi connectivity index (χ0n) is 13.8. The highest BCUT2D eigenvalue weighted by molar-refractivity contribution is 6.03. The topological polar surface area (TPSA) is 72.2 Å². The average Bonchev–Trinajstić information content (AvgIpc) is 3.09. The van der Waals surface area contributed by atoms with E-state index in [4.69, 9.17) is 0 Å². The molecule has 4 aromatic rings. The Morgan fingerprint density at radius 3 is 2.62 bits per heavy atom. The first kappa shape index (κ1) is 15.9. The van der Waals surface area contributed by atoms with E-state index in [2.05, 4.69) is 20.4 Å². The van der Waals surface area contributed by atoms with Crippen molar-refractivity contribution >= 4 is 17.2 Å². The van der Waals surface area contributed by atoms with E-state index in [0.29, 0.717) is 17.0 Å². The van der Waals surface area contributed by atoms with Crippen LogP contribution in [0, 0.1) is 12.7 Å². The van der Waals surface area contributed by atoms with Gasteiger partial charge in [-0.15, -0.1) is 0 Å². The van der Waals surface area contributed by atoms with Crippen molar-refractivity contribution in [1.82, 2.24) is 19.6 Å². The third-order valence-corrected chi connectivity index (χ3v) is 3.87. The molecule has 0 aliphatic heterocycles. The number of nitrogens with zero attached hydrogens (tertiary/aromatic N) is 4. The number of aromatic nitrogens is 4. The lowest BCUT2D eigenvalue weighted by Gasteiger charge is -2.06. The van der Waals surface area contributed by atoms with Gasteiger partial charge in [0.1, 0.15) is 17.2 Å². The summed E-state index contributed by atoms with van der Waals surface area (Å²) in [4.78, 5) is 21.1. The molecule has 26 heavy (non-hydrogen) atoms. The lowest BCUT2D eigenvalue weighted by atomic mass is 10.2. The highest BCUT2D eigenvalue weighted by Gasteiger charge is 2.14. The van der Waals surface area contributed by atoms with Crippen LogP contribution in [-0.2, 0) is 0 Å². The minimum absolute atomic E-state index is 0.256. The summed E-state index contributed by atoms with van der Waals surface area (Å²) in [6.45, 7) is 1.85. The van der Waals surface area contributed by atoms with Crippen LogP contribution in [0.25, 0.3) is 17.0 Å². The number of fused-ring (bicyclic) bond motifs is 1. The zero-order valence-corrected chi connectivity index (χ0v) is 13.8. The second-order valence-corrected chi connectivity index (χ2v) is 5.76. The van der Waals surface area contributed by atoms with E-state index in [1.807, 2.05) is 25.1 Å². The SMILES string of the molecule is Cc1cc(C(=O)Nc2ccc(F)cc2)nc2cc(-c3ccccn3)nn12. The van der Waals surface area contributed by atoms with Crippen molar-refractivity contribution in [1.29, 1.82) is 0 Å². The van der Waals surface area contributed by atoms with Crippen LogP contribution in [0.2, 0.25) is 0 Å². The molecule has 3 aromatic heterocycles. The van der Waals surface area contributed by atoms with Gasteiger partial charge in [0.05, 0.1) is 5.69 Å². The maximum Gasteiger partial charge on any atom is 0.274 e. The normalized spacial score (nSPS) is 10.8. The van der Waals surface area contributed by atoms with Gasteiger partial charge in [0, 0.05) is 23.6 Å². The highest BCUT2D eigenvalue weighted by Crippen LogP contribution is 2.18. The Morgan fingerprint density at radius 1 is 1.08 bits per heavy atom. The number of aryl methyl sites for hydroxylation is 1. The molecule has 128 valence electrons. The van der Waals surface area contributed by atoms with Crippen LogP contribution in [-0.4, -0.2) is 25.5 Å². The predicted octanol–water partition coefficient (Wildman–Crippen LogP) is 3.49. The molecule has 0 aliphatic rings. The molecule has 0 atom stereocenters. The molecule has 4 rings (SSSR count). The number of hydrogen-bond donors (Lipinski definition) is 1. The lowest BCUT2D eigenvalue weighted by molar-refractivity contribution is 0.102. The Morgan fingerprint density at radius 2 is 1.88 bits per heavy atom. The molecule has 1 amide bonds. The minimum Gasteiger partial charge on any atom is -0.321 e. The van der Waals surface area contributed by atoms with E-state index in [1.54, 1.807) is 22.8 Å². The van der Waals surface area contributed by atoms with E-state index >= 15 is 0 Å². The number of nitrogens with one attached hydrogen (secondary N) is 1. The summed E-state index contributed by atoms with van der Waals surface area (Å²) < 4.78 is 14.6. The number of halogens is 1. The van der Waals surface area contributed by atoms with Gasteiger partial charge in [-0.1, -0.05) is 6.07 Å². The first-order valence-corrected chi connectivity index (χ1v) is 7.96. The molecule has 3 heterocycles.